The zero-order valence-electron chi connectivity index (χ0n) is 8.21. The van der Waals surface area contributed by atoms with Gasteiger partial charge in [-0.1, -0.05) is 35.5 Å². The molecule has 0 saturated carbocycles. The van der Waals surface area contributed by atoms with Crippen LogP contribution < -0.4 is 0 Å². The molecule has 0 aliphatic heterocycles. The van der Waals surface area contributed by atoms with Crippen molar-refractivity contribution in [2.75, 3.05) is 0 Å². The molecule has 0 aliphatic carbocycles. The molecule has 0 N–H and O–H groups in total. The molecule has 0 radical (unpaired) electrons. The van der Waals surface area contributed by atoms with E-state index in [2.05, 4.69) is 10.3 Å². The largest absolute Gasteiger partial charge is 0.303 e. The number of rotatable bonds is 4. The second-order valence-corrected chi connectivity index (χ2v) is 3.19. The number of carbonyl (C=O) groups excluding carboxylic acids is 1. The molecule has 1 aromatic heterocycles. The lowest BCUT2D eigenvalue weighted by Crippen LogP contribution is -1.98. The first kappa shape index (κ1) is 9.58. The van der Waals surface area contributed by atoms with Crippen molar-refractivity contribution in [3.63, 3.8) is 0 Å². The fourth-order valence-corrected chi connectivity index (χ4v) is 1.33. The molecule has 2 rings (SSSR count). The number of carbonyl (C=O) groups is 1. The summed E-state index contributed by atoms with van der Waals surface area (Å²) in [5, 5.41) is 7.97. The standard InChI is InChI=1S/C11H11N3O/c15-8-4-7-14-9-11(12-13-14)10-5-2-1-3-6-10/h1-3,5-6,8-9H,4,7H2. The summed E-state index contributed by atoms with van der Waals surface area (Å²) in [4.78, 5) is 10.2. The van der Waals surface area contributed by atoms with Gasteiger partial charge in [-0.05, 0) is 0 Å². The van der Waals surface area contributed by atoms with Gasteiger partial charge in [0.05, 0.1) is 6.20 Å². The molecule has 0 bridgehead atoms. The molecule has 0 unspecified atom stereocenters. The molecule has 1 aromatic carbocycles. The molecule has 0 fully saturated rings. The van der Waals surface area contributed by atoms with E-state index in [1.54, 1.807) is 4.68 Å². The Morgan fingerprint density at radius 2 is 2.07 bits per heavy atom. The highest BCUT2D eigenvalue weighted by molar-refractivity contribution is 5.57. The molecule has 4 heteroatoms. The zero-order valence-corrected chi connectivity index (χ0v) is 8.21. The van der Waals surface area contributed by atoms with Gasteiger partial charge in [-0.3, -0.25) is 4.68 Å². The van der Waals surface area contributed by atoms with Gasteiger partial charge in [0.1, 0.15) is 12.0 Å². The second-order valence-electron chi connectivity index (χ2n) is 3.19. The Bertz CT molecular complexity index is 436. The lowest BCUT2D eigenvalue weighted by Gasteiger charge is -1.93. The van der Waals surface area contributed by atoms with Crippen molar-refractivity contribution in [3.05, 3.63) is 36.5 Å². The van der Waals surface area contributed by atoms with Gasteiger partial charge in [-0.25, -0.2) is 0 Å². The van der Waals surface area contributed by atoms with Crippen LogP contribution in [-0.4, -0.2) is 21.3 Å². The van der Waals surface area contributed by atoms with E-state index in [1.807, 2.05) is 36.5 Å². The summed E-state index contributed by atoms with van der Waals surface area (Å²) < 4.78 is 1.68. The molecule has 0 saturated heterocycles. The molecule has 2 aromatic rings. The van der Waals surface area contributed by atoms with Crippen LogP contribution >= 0.6 is 0 Å². The summed E-state index contributed by atoms with van der Waals surface area (Å²) in [5.41, 5.74) is 1.87. The lowest BCUT2D eigenvalue weighted by atomic mass is 10.2. The molecule has 0 spiro atoms. The Balaban J connectivity index is 2.17. The quantitative estimate of drug-likeness (QED) is 0.705. The van der Waals surface area contributed by atoms with Crippen LogP contribution in [0.4, 0.5) is 0 Å². The van der Waals surface area contributed by atoms with E-state index in [-0.39, 0.29) is 0 Å². The van der Waals surface area contributed by atoms with Gasteiger partial charge in [0.2, 0.25) is 0 Å². The number of aldehydes is 1. The van der Waals surface area contributed by atoms with Crippen molar-refractivity contribution >= 4 is 6.29 Å². The number of aromatic nitrogens is 3. The molecule has 1 heterocycles. The molecule has 15 heavy (non-hydrogen) atoms. The first-order chi connectivity index (χ1) is 7.40. The van der Waals surface area contributed by atoms with Crippen molar-refractivity contribution in [2.24, 2.45) is 0 Å². The van der Waals surface area contributed by atoms with Crippen molar-refractivity contribution in [1.82, 2.24) is 15.0 Å². The third-order valence-electron chi connectivity index (χ3n) is 2.08. The Morgan fingerprint density at radius 1 is 1.27 bits per heavy atom. The molecule has 76 valence electrons. The Hall–Kier alpha value is -1.97. The second kappa shape index (κ2) is 4.50. The van der Waals surface area contributed by atoms with E-state index in [0.29, 0.717) is 13.0 Å². The maximum absolute atomic E-state index is 10.2. The highest BCUT2D eigenvalue weighted by Crippen LogP contribution is 2.14. The smallest absolute Gasteiger partial charge is 0.121 e. The van der Waals surface area contributed by atoms with Gasteiger partial charge < -0.3 is 4.79 Å². The first-order valence-corrected chi connectivity index (χ1v) is 4.79. The van der Waals surface area contributed by atoms with Gasteiger partial charge in [0.25, 0.3) is 0 Å². The SMILES string of the molecule is O=CCCn1cc(-c2ccccc2)nn1. The van der Waals surface area contributed by atoms with Gasteiger partial charge in [-0.2, -0.15) is 0 Å². The summed E-state index contributed by atoms with van der Waals surface area (Å²) in [6.45, 7) is 0.587. The van der Waals surface area contributed by atoms with E-state index >= 15 is 0 Å². The highest BCUT2D eigenvalue weighted by atomic mass is 16.1. The summed E-state index contributed by atoms with van der Waals surface area (Å²) in [7, 11) is 0. The summed E-state index contributed by atoms with van der Waals surface area (Å²) in [5.74, 6) is 0. The minimum Gasteiger partial charge on any atom is -0.303 e. The van der Waals surface area contributed by atoms with Gasteiger partial charge in [0.15, 0.2) is 0 Å². The predicted octanol–water partition coefficient (Wildman–Crippen LogP) is 1.53. The fraction of sp³-hybridized carbons (Fsp3) is 0.182. The maximum Gasteiger partial charge on any atom is 0.121 e. The van der Waals surface area contributed by atoms with E-state index in [1.165, 1.54) is 0 Å². The average Bonchev–Trinajstić information content (AvgIpc) is 2.76. The molecular weight excluding hydrogens is 190 g/mol. The van der Waals surface area contributed by atoms with Gasteiger partial charge >= 0.3 is 0 Å². The minimum absolute atomic E-state index is 0.470. The van der Waals surface area contributed by atoms with Gasteiger partial charge in [-0.15, -0.1) is 5.10 Å². The number of aryl methyl sites for hydroxylation is 1. The Labute approximate surface area is 87.5 Å². The van der Waals surface area contributed by atoms with Crippen LogP contribution in [0.3, 0.4) is 0 Å². The van der Waals surface area contributed by atoms with Crippen LogP contribution in [-0.2, 0) is 11.3 Å². The first-order valence-electron chi connectivity index (χ1n) is 4.79. The molecule has 0 amide bonds. The summed E-state index contributed by atoms with van der Waals surface area (Å²) >= 11 is 0. The minimum atomic E-state index is 0.470. The molecule has 0 aliphatic rings. The van der Waals surface area contributed by atoms with Gasteiger partial charge in [0, 0.05) is 18.5 Å². The monoisotopic (exact) mass is 201 g/mol. The average molecular weight is 201 g/mol. The zero-order chi connectivity index (χ0) is 10.5. The summed E-state index contributed by atoms with van der Waals surface area (Å²) in [6.07, 6.45) is 3.19. The van der Waals surface area contributed by atoms with E-state index < -0.39 is 0 Å². The number of benzene rings is 1. The number of hydrogen-bond donors (Lipinski definition) is 0. The maximum atomic E-state index is 10.2. The third-order valence-corrected chi connectivity index (χ3v) is 2.08. The van der Waals surface area contributed by atoms with E-state index in [9.17, 15) is 4.79 Å². The molecule has 4 nitrogen and oxygen atoms in total. The van der Waals surface area contributed by atoms with Crippen LogP contribution in [0.25, 0.3) is 11.3 Å². The van der Waals surface area contributed by atoms with Crippen molar-refractivity contribution < 1.29 is 4.79 Å². The summed E-state index contributed by atoms with van der Waals surface area (Å²) in [6, 6.07) is 9.84. The highest BCUT2D eigenvalue weighted by Gasteiger charge is 2.01. The lowest BCUT2D eigenvalue weighted by molar-refractivity contribution is -0.108. The van der Waals surface area contributed by atoms with E-state index in [0.717, 1.165) is 17.5 Å². The van der Waals surface area contributed by atoms with Crippen LogP contribution in [0.15, 0.2) is 36.5 Å². The third kappa shape index (κ3) is 2.28. The topological polar surface area (TPSA) is 47.8 Å². The normalized spacial score (nSPS) is 10.1. The van der Waals surface area contributed by atoms with Crippen LogP contribution in [0, 0.1) is 0 Å². The van der Waals surface area contributed by atoms with Crippen LogP contribution in [0.1, 0.15) is 6.42 Å². The number of nitrogens with zero attached hydrogens (tertiary/aromatic N) is 3. The van der Waals surface area contributed by atoms with Crippen LogP contribution in [0.5, 0.6) is 0 Å². The van der Waals surface area contributed by atoms with E-state index in [4.69, 9.17) is 0 Å². The van der Waals surface area contributed by atoms with Crippen molar-refractivity contribution in [1.29, 1.82) is 0 Å². The number of hydrogen-bond acceptors (Lipinski definition) is 3. The Morgan fingerprint density at radius 3 is 2.80 bits per heavy atom. The fourth-order valence-electron chi connectivity index (χ4n) is 1.33. The van der Waals surface area contributed by atoms with Crippen molar-refractivity contribution in [3.8, 4) is 11.3 Å². The molecule has 0 atom stereocenters. The Kier molecular flexibility index (Phi) is 2.88. The van der Waals surface area contributed by atoms with Crippen LogP contribution in [0.2, 0.25) is 0 Å². The molecular formula is C11H11N3O. The predicted molar refractivity (Wildman–Crippen MR) is 56.1 cm³/mol. The van der Waals surface area contributed by atoms with Crippen molar-refractivity contribution in [2.45, 2.75) is 13.0 Å².